The van der Waals surface area contributed by atoms with Crippen LogP contribution >= 0.6 is 0 Å². The van der Waals surface area contributed by atoms with Crippen molar-refractivity contribution < 1.29 is 28.6 Å². The third-order valence-corrected chi connectivity index (χ3v) is 8.90. The summed E-state index contributed by atoms with van der Waals surface area (Å²) in [6.07, 6.45) is 59.3. The fourth-order valence-corrected chi connectivity index (χ4v) is 5.55. The number of unbranched alkanes of at least 4 members (excludes halogenated alkanes) is 14. The molecule has 0 heterocycles. The van der Waals surface area contributed by atoms with Crippen molar-refractivity contribution in [3.63, 3.8) is 0 Å². The van der Waals surface area contributed by atoms with E-state index in [9.17, 15) is 14.4 Å². The molecule has 0 aliphatic rings. The number of ether oxygens (including phenoxy) is 3. The standard InChI is InChI=1S/C51H80O6/c1-4-7-10-13-16-19-21-23-25-27-29-32-35-38-41-44-50(53)56-47-48(46-55-49(52)43-40-37-34-31-18-15-12-9-6-3)57-51(54)45-42-39-36-33-30-28-26-24-22-20-17-14-11-8-5-2/h7,9-10,12-13,16-25,27,29,31,48H,4-6,8,11,14-15,26,28,30,32-47H2,1-3H3/b10-7-,12-9-,16-13-,20-17-,21-19-,24-22-,25-23-,29-27-,31-18-. The average molecular weight is 789 g/mol. The zero-order chi connectivity index (χ0) is 41.5. The van der Waals surface area contributed by atoms with E-state index < -0.39 is 6.10 Å². The number of rotatable bonds is 38. The molecule has 0 radical (unpaired) electrons. The molecular weight excluding hydrogens is 709 g/mol. The van der Waals surface area contributed by atoms with Crippen LogP contribution in [0.3, 0.4) is 0 Å². The van der Waals surface area contributed by atoms with E-state index in [-0.39, 0.29) is 31.1 Å². The minimum Gasteiger partial charge on any atom is -0.462 e. The maximum absolute atomic E-state index is 12.7. The van der Waals surface area contributed by atoms with Crippen LogP contribution in [0.2, 0.25) is 0 Å². The van der Waals surface area contributed by atoms with Crippen LogP contribution in [0, 0.1) is 0 Å². The molecule has 320 valence electrons. The Hall–Kier alpha value is -3.93. The van der Waals surface area contributed by atoms with E-state index in [4.69, 9.17) is 14.2 Å². The summed E-state index contributed by atoms with van der Waals surface area (Å²) in [5.74, 6) is -1.02. The van der Waals surface area contributed by atoms with Gasteiger partial charge in [-0.25, -0.2) is 0 Å². The van der Waals surface area contributed by atoms with Gasteiger partial charge in [0.1, 0.15) is 13.2 Å². The van der Waals surface area contributed by atoms with Gasteiger partial charge in [0, 0.05) is 19.3 Å². The van der Waals surface area contributed by atoms with Gasteiger partial charge in [-0.3, -0.25) is 14.4 Å². The van der Waals surface area contributed by atoms with Crippen LogP contribution in [0.5, 0.6) is 0 Å². The zero-order valence-electron chi connectivity index (χ0n) is 36.3. The Labute approximate surface area is 349 Å². The molecular formula is C51H80O6. The van der Waals surface area contributed by atoms with Crippen LogP contribution in [-0.4, -0.2) is 37.2 Å². The molecule has 0 aromatic heterocycles. The number of esters is 3. The minimum absolute atomic E-state index is 0.117. The monoisotopic (exact) mass is 789 g/mol. The second kappa shape index (κ2) is 44.8. The summed E-state index contributed by atoms with van der Waals surface area (Å²) in [6, 6.07) is 0. The summed E-state index contributed by atoms with van der Waals surface area (Å²) in [4.78, 5) is 37.7. The Morgan fingerprint density at radius 3 is 1.33 bits per heavy atom. The summed E-state index contributed by atoms with van der Waals surface area (Å²) in [7, 11) is 0. The highest BCUT2D eigenvalue weighted by atomic mass is 16.6. The average Bonchev–Trinajstić information content (AvgIpc) is 3.21. The van der Waals surface area contributed by atoms with Crippen LogP contribution in [0.15, 0.2) is 109 Å². The van der Waals surface area contributed by atoms with E-state index in [1.165, 1.54) is 32.1 Å². The van der Waals surface area contributed by atoms with E-state index in [1.807, 2.05) is 48.6 Å². The van der Waals surface area contributed by atoms with Gasteiger partial charge in [0.15, 0.2) is 6.10 Å². The van der Waals surface area contributed by atoms with E-state index >= 15 is 0 Å². The summed E-state index contributed by atoms with van der Waals surface area (Å²) < 4.78 is 16.6. The number of carbonyl (C=O) groups excluding carboxylic acids is 3. The Morgan fingerprint density at radius 2 is 0.772 bits per heavy atom. The number of carbonyl (C=O) groups is 3. The molecule has 0 saturated carbocycles. The Bertz CT molecular complexity index is 1230. The first kappa shape index (κ1) is 53.1. The lowest BCUT2D eigenvalue weighted by Crippen LogP contribution is -2.30. The molecule has 0 fully saturated rings. The van der Waals surface area contributed by atoms with Gasteiger partial charge in [-0.2, -0.15) is 0 Å². The molecule has 0 rings (SSSR count). The largest absolute Gasteiger partial charge is 0.462 e. The molecule has 0 aromatic carbocycles. The molecule has 0 bridgehead atoms. The van der Waals surface area contributed by atoms with Gasteiger partial charge in [-0.05, 0) is 89.9 Å². The highest BCUT2D eigenvalue weighted by Crippen LogP contribution is 2.12. The van der Waals surface area contributed by atoms with E-state index in [1.54, 1.807) is 0 Å². The molecule has 0 aliphatic carbocycles. The second-order valence-electron chi connectivity index (χ2n) is 14.3. The highest BCUT2D eigenvalue weighted by Gasteiger charge is 2.19. The first-order chi connectivity index (χ1) is 28.0. The Morgan fingerprint density at radius 1 is 0.386 bits per heavy atom. The van der Waals surface area contributed by atoms with Gasteiger partial charge in [0.05, 0.1) is 0 Å². The number of hydrogen-bond donors (Lipinski definition) is 0. The van der Waals surface area contributed by atoms with Gasteiger partial charge in [0.2, 0.25) is 0 Å². The topological polar surface area (TPSA) is 78.9 Å². The van der Waals surface area contributed by atoms with Gasteiger partial charge in [-0.1, -0.05) is 175 Å². The minimum atomic E-state index is -0.814. The fraction of sp³-hybridized carbons (Fsp3) is 0.588. The van der Waals surface area contributed by atoms with Gasteiger partial charge < -0.3 is 14.2 Å². The predicted molar refractivity (Wildman–Crippen MR) is 242 cm³/mol. The normalized spacial score (nSPS) is 13.1. The molecule has 0 amide bonds. The molecule has 0 aromatic rings. The second-order valence-corrected chi connectivity index (χ2v) is 14.3. The van der Waals surface area contributed by atoms with Crippen LogP contribution < -0.4 is 0 Å². The zero-order valence-corrected chi connectivity index (χ0v) is 36.3. The van der Waals surface area contributed by atoms with Crippen LogP contribution in [0.25, 0.3) is 0 Å². The smallest absolute Gasteiger partial charge is 0.306 e. The van der Waals surface area contributed by atoms with Crippen LogP contribution in [0.4, 0.5) is 0 Å². The van der Waals surface area contributed by atoms with Crippen molar-refractivity contribution in [3.05, 3.63) is 109 Å². The summed E-state index contributed by atoms with van der Waals surface area (Å²) in [6.45, 7) is 6.22. The molecule has 0 saturated heterocycles. The molecule has 0 N–H and O–H groups in total. The van der Waals surface area contributed by atoms with Crippen molar-refractivity contribution in [2.45, 2.75) is 181 Å². The molecule has 57 heavy (non-hydrogen) atoms. The summed E-state index contributed by atoms with van der Waals surface area (Å²) in [5, 5.41) is 0. The molecule has 0 spiro atoms. The Balaban J connectivity index is 4.52. The highest BCUT2D eigenvalue weighted by molar-refractivity contribution is 5.71. The third-order valence-electron chi connectivity index (χ3n) is 8.90. The molecule has 6 heteroatoms. The number of allylic oxidation sites excluding steroid dienone is 18. The van der Waals surface area contributed by atoms with Crippen molar-refractivity contribution in [3.8, 4) is 0 Å². The maximum atomic E-state index is 12.7. The van der Waals surface area contributed by atoms with Crippen molar-refractivity contribution in [2.24, 2.45) is 0 Å². The van der Waals surface area contributed by atoms with E-state index in [2.05, 4.69) is 81.5 Å². The van der Waals surface area contributed by atoms with Crippen molar-refractivity contribution >= 4 is 17.9 Å². The van der Waals surface area contributed by atoms with Crippen LogP contribution in [0.1, 0.15) is 175 Å². The molecule has 0 aliphatic heterocycles. The summed E-state index contributed by atoms with van der Waals surface area (Å²) >= 11 is 0. The van der Waals surface area contributed by atoms with E-state index in [0.29, 0.717) is 19.3 Å². The van der Waals surface area contributed by atoms with Crippen LogP contribution in [-0.2, 0) is 28.6 Å². The molecule has 6 nitrogen and oxygen atoms in total. The Kier molecular flexibility index (Phi) is 41.7. The van der Waals surface area contributed by atoms with Gasteiger partial charge in [0.25, 0.3) is 0 Å². The van der Waals surface area contributed by atoms with Crippen molar-refractivity contribution in [2.75, 3.05) is 13.2 Å². The van der Waals surface area contributed by atoms with E-state index in [0.717, 1.165) is 103 Å². The first-order valence-corrected chi connectivity index (χ1v) is 22.5. The lowest BCUT2D eigenvalue weighted by atomic mass is 10.1. The quantitative estimate of drug-likeness (QED) is 0.0204. The van der Waals surface area contributed by atoms with Gasteiger partial charge in [-0.15, -0.1) is 0 Å². The summed E-state index contributed by atoms with van der Waals surface area (Å²) in [5.41, 5.74) is 0. The predicted octanol–water partition coefficient (Wildman–Crippen LogP) is 14.4. The van der Waals surface area contributed by atoms with Crippen molar-refractivity contribution in [1.29, 1.82) is 0 Å². The first-order valence-electron chi connectivity index (χ1n) is 22.5. The fourth-order valence-electron chi connectivity index (χ4n) is 5.55. The van der Waals surface area contributed by atoms with Gasteiger partial charge >= 0.3 is 17.9 Å². The SMILES string of the molecule is CC\C=C/C=C\C=C/C=C\C=C/CCCCCC(=O)OCC(COC(=O)CCCC/C=C\C/C=C\CC)OC(=O)CCCCCCCC/C=C\C=C/CCCCC. The van der Waals surface area contributed by atoms with Crippen molar-refractivity contribution in [1.82, 2.24) is 0 Å². The molecule has 1 atom stereocenters. The third kappa shape index (κ3) is 43.0. The lowest BCUT2D eigenvalue weighted by molar-refractivity contribution is -0.167. The molecule has 1 unspecified atom stereocenters. The lowest BCUT2D eigenvalue weighted by Gasteiger charge is -2.18. The maximum Gasteiger partial charge on any atom is 0.306 e. The number of hydrogen-bond acceptors (Lipinski definition) is 6.